The van der Waals surface area contributed by atoms with Gasteiger partial charge in [0.15, 0.2) is 11.0 Å². The van der Waals surface area contributed by atoms with Crippen molar-refractivity contribution in [3.8, 4) is 0 Å². The number of aromatic amines is 1. The number of nitrogens with zero attached hydrogens (tertiary/aromatic N) is 3. The smallest absolute Gasteiger partial charge is 0.247 e. The predicted octanol–water partition coefficient (Wildman–Crippen LogP) is 2.40. The number of anilines is 2. The van der Waals surface area contributed by atoms with E-state index in [0.717, 1.165) is 25.7 Å². The fraction of sp³-hybridized carbons (Fsp3) is 0.600. The second-order valence-corrected chi connectivity index (χ2v) is 9.90. The number of nitrogens with one attached hydrogen (secondary N) is 2. The Morgan fingerprint density at radius 2 is 1.79 bits per heavy atom. The molecule has 3 aliphatic rings. The van der Waals surface area contributed by atoms with E-state index >= 15 is 0 Å². The van der Waals surface area contributed by atoms with Gasteiger partial charge < -0.3 is 10.4 Å². The summed E-state index contributed by atoms with van der Waals surface area (Å²) in [6.45, 7) is 3.01. The van der Waals surface area contributed by atoms with E-state index in [2.05, 4.69) is 26.6 Å². The highest BCUT2D eigenvalue weighted by Gasteiger charge is 2.31. The number of fused-ring (bicyclic) bond motifs is 2. The van der Waals surface area contributed by atoms with E-state index in [1.165, 1.54) is 40.8 Å². The molecule has 0 bridgehead atoms. The topological polar surface area (TPSA) is 94.1 Å². The number of H-pyrrole nitrogens is 1. The van der Waals surface area contributed by atoms with Crippen LogP contribution in [0.25, 0.3) is 0 Å². The van der Waals surface area contributed by atoms with Gasteiger partial charge in [0.1, 0.15) is 0 Å². The summed E-state index contributed by atoms with van der Waals surface area (Å²) >= 11 is 0. The van der Waals surface area contributed by atoms with Gasteiger partial charge in [0.2, 0.25) is 11.1 Å². The normalized spacial score (nSPS) is 22.1. The summed E-state index contributed by atoms with van der Waals surface area (Å²) in [4.78, 5) is 4.49. The molecule has 0 spiro atoms. The fourth-order valence-corrected chi connectivity index (χ4v) is 5.76. The van der Waals surface area contributed by atoms with E-state index in [-0.39, 0.29) is 0 Å². The molecule has 7 nitrogen and oxygen atoms in total. The molecule has 28 heavy (non-hydrogen) atoms. The monoisotopic (exact) mass is 401 g/mol. The van der Waals surface area contributed by atoms with Gasteiger partial charge in [-0.25, -0.2) is 13.6 Å². The summed E-state index contributed by atoms with van der Waals surface area (Å²) < 4.78 is 14.7. The first-order valence-electron chi connectivity index (χ1n) is 10.3. The molecule has 2 heterocycles. The molecule has 0 radical (unpaired) electrons. The second kappa shape index (κ2) is 6.93. The van der Waals surface area contributed by atoms with Crippen LogP contribution in [0, 0.1) is 0 Å². The molecule has 5 rings (SSSR count). The highest BCUT2D eigenvalue weighted by molar-refractivity contribution is 7.82. The van der Waals surface area contributed by atoms with Crippen LogP contribution in [0.1, 0.15) is 54.9 Å². The van der Waals surface area contributed by atoms with E-state index in [1.54, 1.807) is 0 Å². The molecule has 3 N–H and O–H groups in total. The Hall–Kier alpha value is -1.77. The summed E-state index contributed by atoms with van der Waals surface area (Å²) in [5.74, 6) is 0.488. The summed E-state index contributed by atoms with van der Waals surface area (Å²) in [6, 6.07) is 2.40. The molecule has 1 saturated heterocycles. The summed E-state index contributed by atoms with van der Waals surface area (Å²) in [6.07, 6.45) is 8.13. The number of aryl methyl sites for hydroxylation is 2. The highest BCUT2D eigenvalue weighted by Crippen LogP contribution is 2.39. The lowest BCUT2D eigenvalue weighted by Gasteiger charge is -2.34. The van der Waals surface area contributed by atoms with Crippen molar-refractivity contribution in [2.45, 2.75) is 69.0 Å². The fourth-order valence-electron chi connectivity index (χ4n) is 4.72. The average Bonchev–Trinajstić information content (AvgIpc) is 3.41. The van der Waals surface area contributed by atoms with Gasteiger partial charge >= 0.3 is 0 Å². The molecule has 2 aliphatic carbocycles. The number of hydrogen-bond donors (Lipinski definition) is 3. The molecule has 1 aromatic heterocycles. The van der Waals surface area contributed by atoms with Crippen LogP contribution in [0.2, 0.25) is 0 Å². The minimum Gasteiger partial charge on any atom is -0.390 e. The maximum atomic E-state index is 12.8. The van der Waals surface area contributed by atoms with Gasteiger partial charge in [-0.1, -0.05) is 6.07 Å². The first kappa shape index (κ1) is 18.3. The Morgan fingerprint density at radius 3 is 2.43 bits per heavy atom. The zero-order chi connectivity index (χ0) is 19.3. The quantitative estimate of drug-likeness (QED) is 0.731. The zero-order valence-corrected chi connectivity index (χ0v) is 17.1. The molecule has 2 aromatic rings. The molecule has 1 fully saturated rings. The van der Waals surface area contributed by atoms with Gasteiger partial charge in [-0.15, -0.1) is 5.10 Å². The van der Waals surface area contributed by atoms with Crippen LogP contribution in [0.5, 0.6) is 0 Å². The van der Waals surface area contributed by atoms with E-state index in [0.29, 0.717) is 37.0 Å². The summed E-state index contributed by atoms with van der Waals surface area (Å²) in [7, 11) is -1.39. The van der Waals surface area contributed by atoms with Crippen molar-refractivity contribution in [2.24, 2.45) is 0 Å². The molecular formula is C20H27N5O2S. The number of benzene rings is 1. The van der Waals surface area contributed by atoms with Gasteiger partial charge in [0.05, 0.1) is 5.60 Å². The Bertz CT molecular complexity index is 897. The third-order valence-corrected chi connectivity index (χ3v) is 7.72. The van der Waals surface area contributed by atoms with E-state index in [1.807, 2.05) is 11.2 Å². The third kappa shape index (κ3) is 3.27. The predicted molar refractivity (Wildman–Crippen MR) is 108 cm³/mol. The van der Waals surface area contributed by atoms with Gasteiger partial charge in [-0.3, -0.25) is 0 Å². The van der Waals surface area contributed by atoms with Crippen molar-refractivity contribution in [2.75, 3.05) is 18.4 Å². The van der Waals surface area contributed by atoms with Crippen molar-refractivity contribution >= 4 is 22.6 Å². The SMILES string of the molecule is CC1(O)CCN(S(=O)c2nc(Nc3c4c(cc5c3CCC5)CCC4)n[nH]2)CC1. The minimum atomic E-state index is -1.39. The molecule has 1 atom stereocenters. The van der Waals surface area contributed by atoms with Crippen LogP contribution in [0.15, 0.2) is 11.2 Å². The molecule has 150 valence electrons. The first-order valence-corrected chi connectivity index (χ1v) is 11.4. The summed E-state index contributed by atoms with van der Waals surface area (Å²) in [5, 5.41) is 21.1. The van der Waals surface area contributed by atoms with Crippen LogP contribution in [0.3, 0.4) is 0 Å². The minimum absolute atomic E-state index is 0.369. The second-order valence-electron chi connectivity index (χ2n) is 8.50. The van der Waals surface area contributed by atoms with Gasteiger partial charge in [0.25, 0.3) is 0 Å². The molecule has 0 amide bonds. The Kier molecular flexibility index (Phi) is 4.52. The third-order valence-electron chi connectivity index (χ3n) is 6.37. The van der Waals surface area contributed by atoms with Crippen LogP contribution in [-0.4, -0.2) is 47.5 Å². The Balaban J connectivity index is 1.36. The van der Waals surface area contributed by atoms with Crippen molar-refractivity contribution < 1.29 is 9.32 Å². The average molecular weight is 402 g/mol. The van der Waals surface area contributed by atoms with E-state index in [4.69, 9.17) is 0 Å². The van der Waals surface area contributed by atoms with Crippen LogP contribution >= 0.6 is 0 Å². The zero-order valence-electron chi connectivity index (χ0n) is 16.3. The lowest BCUT2D eigenvalue weighted by Crippen LogP contribution is -2.43. The Morgan fingerprint density at radius 1 is 1.14 bits per heavy atom. The molecule has 1 unspecified atom stereocenters. The number of hydrogen-bond acceptors (Lipinski definition) is 5. The lowest BCUT2D eigenvalue weighted by molar-refractivity contribution is 0.0134. The van der Waals surface area contributed by atoms with Gasteiger partial charge in [0, 0.05) is 18.8 Å². The first-order chi connectivity index (χ1) is 13.5. The van der Waals surface area contributed by atoms with E-state index < -0.39 is 16.6 Å². The summed E-state index contributed by atoms with van der Waals surface area (Å²) in [5.41, 5.74) is 6.26. The van der Waals surface area contributed by atoms with Crippen molar-refractivity contribution in [1.82, 2.24) is 19.5 Å². The lowest BCUT2D eigenvalue weighted by atomic mass is 9.95. The molecular weight excluding hydrogens is 374 g/mol. The molecule has 0 saturated carbocycles. The maximum Gasteiger partial charge on any atom is 0.247 e. The van der Waals surface area contributed by atoms with Crippen LogP contribution in [0.4, 0.5) is 11.6 Å². The van der Waals surface area contributed by atoms with Gasteiger partial charge in [-0.05, 0) is 80.5 Å². The van der Waals surface area contributed by atoms with Crippen molar-refractivity contribution in [3.05, 3.63) is 28.3 Å². The van der Waals surface area contributed by atoms with Gasteiger partial charge in [-0.2, -0.15) is 4.98 Å². The largest absolute Gasteiger partial charge is 0.390 e. The Labute approximate surface area is 167 Å². The van der Waals surface area contributed by atoms with Crippen LogP contribution in [-0.2, 0) is 36.7 Å². The standard InChI is InChI=1S/C20H27N5O2S/c1-20(26)8-10-25(11-9-20)28(27)19-22-18(23-24-19)21-17-15-6-2-4-13(15)12-14-5-3-7-16(14)17/h12,26H,2-11H2,1H3,(H2,21,22,23,24). The maximum absolute atomic E-state index is 12.8. The number of aliphatic hydroxyl groups is 1. The molecule has 1 aliphatic heterocycles. The highest BCUT2D eigenvalue weighted by atomic mass is 32.2. The van der Waals surface area contributed by atoms with E-state index in [9.17, 15) is 9.32 Å². The van der Waals surface area contributed by atoms with Crippen LogP contribution < -0.4 is 5.32 Å². The molecule has 8 heteroatoms. The van der Waals surface area contributed by atoms with Crippen molar-refractivity contribution in [3.63, 3.8) is 0 Å². The number of piperidine rings is 1. The number of aromatic nitrogens is 3. The number of rotatable bonds is 4. The molecule has 1 aromatic carbocycles. The van der Waals surface area contributed by atoms with Crippen molar-refractivity contribution in [1.29, 1.82) is 0 Å².